The van der Waals surface area contributed by atoms with Gasteiger partial charge in [0.05, 0.1) is 10.8 Å². The Labute approximate surface area is 163 Å². The third-order valence-electron chi connectivity index (χ3n) is 4.16. The van der Waals surface area contributed by atoms with Crippen LogP contribution in [0.25, 0.3) is 6.08 Å². The summed E-state index contributed by atoms with van der Waals surface area (Å²) in [6, 6.07) is 14.9. The number of amides is 1. The molecule has 1 saturated heterocycles. The first-order valence-corrected chi connectivity index (χ1v) is 11.1. The summed E-state index contributed by atoms with van der Waals surface area (Å²) in [7, 11) is -3.49. The lowest BCUT2D eigenvalue weighted by molar-refractivity contribution is -0.129. The summed E-state index contributed by atoms with van der Waals surface area (Å²) in [5.74, 6) is 0.306. The van der Waals surface area contributed by atoms with E-state index in [2.05, 4.69) is 4.98 Å². The Morgan fingerprint density at radius 1 is 1.04 bits per heavy atom. The second kappa shape index (κ2) is 9.16. The average molecular weight is 404 g/mol. The quantitative estimate of drug-likeness (QED) is 0.693. The zero-order valence-corrected chi connectivity index (χ0v) is 16.4. The number of piperazine rings is 1. The van der Waals surface area contributed by atoms with Crippen LogP contribution in [0, 0.1) is 0 Å². The molecule has 1 aromatic heterocycles. The summed E-state index contributed by atoms with van der Waals surface area (Å²) < 4.78 is 26.4. The van der Waals surface area contributed by atoms with Gasteiger partial charge in [-0.1, -0.05) is 48.2 Å². The number of nitrogens with zero attached hydrogens (tertiary/aromatic N) is 3. The highest BCUT2D eigenvalue weighted by molar-refractivity contribution is 7.99. The fourth-order valence-electron chi connectivity index (χ4n) is 2.67. The van der Waals surface area contributed by atoms with Crippen molar-refractivity contribution in [1.29, 1.82) is 0 Å². The Balaban J connectivity index is 1.50. The van der Waals surface area contributed by atoms with E-state index >= 15 is 0 Å². The lowest BCUT2D eigenvalue weighted by atomic mass is 10.2. The molecular formula is C19H21N3O3S2. The lowest BCUT2D eigenvalue weighted by Crippen LogP contribution is -2.50. The van der Waals surface area contributed by atoms with Crippen LogP contribution in [0.15, 0.2) is 65.2 Å². The Morgan fingerprint density at radius 2 is 1.74 bits per heavy atom. The summed E-state index contributed by atoms with van der Waals surface area (Å²) >= 11 is 1.39. The van der Waals surface area contributed by atoms with Crippen LogP contribution in [0.2, 0.25) is 0 Å². The number of aromatic nitrogens is 1. The molecule has 142 valence electrons. The van der Waals surface area contributed by atoms with Crippen LogP contribution in [0.4, 0.5) is 0 Å². The van der Waals surface area contributed by atoms with Crippen LogP contribution >= 0.6 is 11.8 Å². The molecule has 1 aliphatic heterocycles. The Hall–Kier alpha value is -2.16. The SMILES string of the molecule is O=C(CSc1ccccn1)N1CCN(S(=O)(=O)/C=C/c2ccccc2)CC1. The number of hydrogen-bond donors (Lipinski definition) is 0. The molecule has 1 aromatic carbocycles. The first kappa shape index (κ1) is 19.6. The van der Waals surface area contributed by atoms with Gasteiger partial charge in [0.1, 0.15) is 0 Å². The second-order valence-electron chi connectivity index (χ2n) is 5.99. The van der Waals surface area contributed by atoms with Gasteiger partial charge in [-0.05, 0) is 23.8 Å². The minimum absolute atomic E-state index is 0.00234. The van der Waals surface area contributed by atoms with E-state index < -0.39 is 10.0 Å². The average Bonchev–Trinajstić information content (AvgIpc) is 2.72. The Bertz CT molecular complexity index is 879. The van der Waals surface area contributed by atoms with E-state index in [-0.39, 0.29) is 5.91 Å². The van der Waals surface area contributed by atoms with E-state index in [9.17, 15) is 13.2 Å². The first-order chi connectivity index (χ1) is 13.0. The maximum absolute atomic E-state index is 12.5. The van der Waals surface area contributed by atoms with E-state index in [0.29, 0.717) is 31.9 Å². The van der Waals surface area contributed by atoms with Crippen molar-refractivity contribution in [3.8, 4) is 0 Å². The van der Waals surface area contributed by atoms with Gasteiger partial charge in [0.25, 0.3) is 0 Å². The standard InChI is InChI=1S/C19H21N3O3S2/c23-19(16-26-18-8-4-5-10-20-18)21-11-13-22(14-12-21)27(24,25)15-9-17-6-2-1-3-7-17/h1-10,15H,11-14,16H2/b15-9+. The van der Waals surface area contributed by atoms with Crippen molar-refractivity contribution in [3.05, 3.63) is 65.7 Å². The predicted octanol–water partition coefficient (Wildman–Crippen LogP) is 2.32. The molecule has 1 aliphatic rings. The molecule has 2 aromatic rings. The molecule has 0 atom stereocenters. The third-order valence-corrected chi connectivity index (χ3v) is 6.66. The number of carbonyl (C=O) groups is 1. The highest BCUT2D eigenvalue weighted by atomic mass is 32.2. The van der Waals surface area contributed by atoms with E-state index in [0.717, 1.165) is 10.6 Å². The summed E-state index contributed by atoms with van der Waals surface area (Å²) in [6.07, 6.45) is 3.29. The fourth-order valence-corrected chi connectivity index (χ4v) is 4.60. The van der Waals surface area contributed by atoms with Gasteiger partial charge in [0.15, 0.2) is 0 Å². The van der Waals surface area contributed by atoms with E-state index in [1.54, 1.807) is 17.2 Å². The molecule has 8 heteroatoms. The van der Waals surface area contributed by atoms with Crippen molar-refractivity contribution in [3.63, 3.8) is 0 Å². The van der Waals surface area contributed by atoms with Crippen LogP contribution in [0.1, 0.15) is 5.56 Å². The van der Waals surface area contributed by atoms with E-state index in [1.807, 2.05) is 48.5 Å². The van der Waals surface area contributed by atoms with Crippen molar-refractivity contribution in [2.24, 2.45) is 0 Å². The van der Waals surface area contributed by atoms with Gasteiger partial charge in [-0.2, -0.15) is 4.31 Å². The topological polar surface area (TPSA) is 70.6 Å². The minimum Gasteiger partial charge on any atom is -0.339 e. The molecule has 1 fully saturated rings. The van der Waals surface area contributed by atoms with Crippen molar-refractivity contribution in [1.82, 2.24) is 14.2 Å². The van der Waals surface area contributed by atoms with Gasteiger partial charge in [0.2, 0.25) is 15.9 Å². The number of benzene rings is 1. The lowest BCUT2D eigenvalue weighted by Gasteiger charge is -2.33. The Morgan fingerprint density at radius 3 is 2.41 bits per heavy atom. The smallest absolute Gasteiger partial charge is 0.236 e. The summed E-state index contributed by atoms with van der Waals surface area (Å²) in [5, 5.41) is 2.04. The van der Waals surface area contributed by atoms with Gasteiger partial charge in [-0.3, -0.25) is 4.79 Å². The number of hydrogen-bond acceptors (Lipinski definition) is 5. The maximum atomic E-state index is 12.5. The van der Waals surface area contributed by atoms with Crippen molar-refractivity contribution < 1.29 is 13.2 Å². The van der Waals surface area contributed by atoms with Gasteiger partial charge in [0, 0.05) is 37.8 Å². The molecule has 0 aliphatic carbocycles. The van der Waals surface area contributed by atoms with Crippen LogP contribution in [-0.2, 0) is 14.8 Å². The number of rotatable bonds is 6. The Kier molecular flexibility index (Phi) is 6.65. The number of sulfonamides is 1. The summed E-state index contributed by atoms with van der Waals surface area (Å²) in [6.45, 7) is 1.42. The predicted molar refractivity (Wildman–Crippen MR) is 108 cm³/mol. The molecule has 6 nitrogen and oxygen atoms in total. The van der Waals surface area contributed by atoms with Crippen LogP contribution in [0.3, 0.4) is 0 Å². The molecule has 3 rings (SSSR count). The normalized spacial score (nSPS) is 15.9. The van der Waals surface area contributed by atoms with E-state index in [1.165, 1.54) is 21.5 Å². The molecule has 1 amide bonds. The number of thioether (sulfide) groups is 1. The molecule has 0 saturated carbocycles. The summed E-state index contributed by atoms with van der Waals surface area (Å²) in [5.41, 5.74) is 0.835. The molecule has 27 heavy (non-hydrogen) atoms. The zero-order chi connectivity index (χ0) is 19.1. The largest absolute Gasteiger partial charge is 0.339 e. The van der Waals surface area contributed by atoms with Crippen molar-refractivity contribution in [2.75, 3.05) is 31.9 Å². The number of carbonyl (C=O) groups excluding carboxylic acids is 1. The maximum Gasteiger partial charge on any atom is 0.236 e. The molecule has 0 bridgehead atoms. The molecule has 0 N–H and O–H groups in total. The highest BCUT2D eigenvalue weighted by Crippen LogP contribution is 2.16. The second-order valence-corrected chi connectivity index (χ2v) is 8.81. The van der Waals surface area contributed by atoms with Gasteiger partial charge >= 0.3 is 0 Å². The van der Waals surface area contributed by atoms with Gasteiger partial charge in [-0.25, -0.2) is 13.4 Å². The summed E-state index contributed by atoms with van der Waals surface area (Å²) in [4.78, 5) is 18.2. The molecule has 0 spiro atoms. The van der Waals surface area contributed by atoms with Crippen molar-refractivity contribution in [2.45, 2.75) is 5.03 Å². The first-order valence-electron chi connectivity index (χ1n) is 8.59. The molecule has 0 unspecified atom stereocenters. The van der Waals surface area contributed by atoms with Crippen LogP contribution in [0.5, 0.6) is 0 Å². The molecular weight excluding hydrogens is 382 g/mol. The fraction of sp³-hybridized carbons (Fsp3) is 0.263. The van der Waals surface area contributed by atoms with Crippen LogP contribution in [-0.4, -0.2) is 60.4 Å². The third kappa shape index (κ3) is 5.66. The van der Waals surface area contributed by atoms with Gasteiger partial charge < -0.3 is 4.90 Å². The van der Waals surface area contributed by atoms with Gasteiger partial charge in [-0.15, -0.1) is 0 Å². The van der Waals surface area contributed by atoms with Crippen molar-refractivity contribution >= 4 is 33.8 Å². The van der Waals surface area contributed by atoms with Crippen LogP contribution < -0.4 is 0 Å². The molecule has 0 radical (unpaired) electrons. The number of pyridine rings is 1. The zero-order valence-electron chi connectivity index (χ0n) is 14.8. The minimum atomic E-state index is -3.49. The monoisotopic (exact) mass is 403 g/mol. The highest BCUT2D eigenvalue weighted by Gasteiger charge is 2.27. The van der Waals surface area contributed by atoms with E-state index in [4.69, 9.17) is 0 Å². The molecule has 2 heterocycles.